The van der Waals surface area contributed by atoms with Gasteiger partial charge in [-0.05, 0) is 31.1 Å². The van der Waals surface area contributed by atoms with Crippen LogP contribution in [-0.4, -0.2) is 5.78 Å². The van der Waals surface area contributed by atoms with Crippen LogP contribution in [0.25, 0.3) is 0 Å². The fourth-order valence-corrected chi connectivity index (χ4v) is 4.26. The molecule has 4 atom stereocenters. The minimum Gasteiger partial charge on any atom is -0.299 e. The Morgan fingerprint density at radius 3 is 2.93 bits per heavy atom. The van der Waals surface area contributed by atoms with E-state index < -0.39 is 0 Å². The summed E-state index contributed by atoms with van der Waals surface area (Å²) in [5.41, 5.74) is 0.235. The number of ketones is 1. The number of rotatable bonds is 1. The van der Waals surface area contributed by atoms with Crippen molar-refractivity contribution in [2.75, 3.05) is 0 Å². The molecule has 0 amide bonds. The first kappa shape index (κ1) is 9.62. The van der Waals surface area contributed by atoms with Crippen LogP contribution < -0.4 is 0 Å². The van der Waals surface area contributed by atoms with Crippen LogP contribution in [0.4, 0.5) is 0 Å². The maximum atomic E-state index is 12.3. The molecular formula is C14H20O. The Hall–Kier alpha value is -0.590. The molecule has 0 saturated heterocycles. The fraction of sp³-hybridized carbons (Fsp3) is 0.786. The molecule has 0 aromatic heterocycles. The normalized spacial score (nSPS) is 47.7. The van der Waals surface area contributed by atoms with Crippen molar-refractivity contribution in [2.45, 2.75) is 39.5 Å². The van der Waals surface area contributed by atoms with Gasteiger partial charge in [0.15, 0.2) is 0 Å². The van der Waals surface area contributed by atoms with E-state index in [1.807, 2.05) is 0 Å². The first-order chi connectivity index (χ1) is 7.15. The van der Waals surface area contributed by atoms with Gasteiger partial charge in [-0.25, -0.2) is 0 Å². The van der Waals surface area contributed by atoms with Crippen molar-refractivity contribution < 1.29 is 4.79 Å². The second-order valence-electron chi connectivity index (χ2n) is 5.99. The van der Waals surface area contributed by atoms with E-state index >= 15 is 0 Å². The molecule has 1 heteroatoms. The lowest BCUT2D eigenvalue weighted by atomic mass is 9.54. The van der Waals surface area contributed by atoms with Crippen LogP contribution in [0, 0.1) is 29.1 Å². The minimum absolute atomic E-state index is 0.235. The van der Waals surface area contributed by atoms with Gasteiger partial charge in [-0.3, -0.25) is 4.79 Å². The van der Waals surface area contributed by atoms with Gasteiger partial charge in [0.25, 0.3) is 0 Å². The molecule has 15 heavy (non-hydrogen) atoms. The lowest BCUT2D eigenvalue weighted by molar-refractivity contribution is -0.140. The van der Waals surface area contributed by atoms with Gasteiger partial charge in [0, 0.05) is 17.3 Å². The Morgan fingerprint density at radius 2 is 2.20 bits per heavy atom. The van der Waals surface area contributed by atoms with Crippen molar-refractivity contribution in [2.24, 2.45) is 29.1 Å². The summed E-state index contributed by atoms with van der Waals surface area (Å²) in [5, 5.41) is 0. The van der Waals surface area contributed by atoms with E-state index in [1.165, 1.54) is 12.8 Å². The molecule has 1 nitrogen and oxygen atoms in total. The van der Waals surface area contributed by atoms with E-state index in [4.69, 9.17) is 0 Å². The zero-order valence-corrected chi connectivity index (χ0v) is 9.70. The van der Waals surface area contributed by atoms with Gasteiger partial charge in [-0.2, -0.15) is 0 Å². The number of fused-ring (bicyclic) bond motifs is 6. The summed E-state index contributed by atoms with van der Waals surface area (Å²) in [4.78, 5) is 12.3. The van der Waals surface area contributed by atoms with E-state index in [1.54, 1.807) is 0 Å². The highest BCUT2D eigenvalue weighted by atomic mass is 16.1. The maximum Gasteiger partial charge on any atom is 0.140 e. The molecule has 82 valence electrons. The fourth-order valence-electron chi connectivity index (χ4n) is 4.26. The van der Waals surface area contributed by atoms with Crippen LogP contribution in [0.1, 0.15) is 39.5 Å². The average molecular weight is 204 g/mol. The van der Waals surface area contributed by atoms with Crippen LogP contribution in [0.2, 0.25) is 0 Å². The molecule has 0 aromatic carbocycles. The summed E-state index contributed by atoms with van der Waals surface area (Å²) < 4.78 is 0. The number of hydrogen-bond donors (Lipinski definition) is 0. The molecule has 0 heterocycles. The number of carbonyl (C=O) groups excluding carboxylic acids is 1. The summed E-state index contributed by atoms with van der Waals surface area (Å²) in [6.45, 7) is 4.57. The molecule has 0 N–H and O–H groups in total. The highest BCUT2D eigenvalue weighted by Gasteiger charge is 2.56. The van der Waals surface area contributed by atoms with E-state index in [-0.39, 0.29) is 5.41 Å². The number of Topliss-reactive ketones (excluding diaryl/α,β-unsaturated/α-hetero) is 1. The number of hydrogen-bond acceptors (Lipinski definition) is 1. The first-order valence-electron chi connectivity index (χ1n) is 6.38. The second kappa shape index (κ2) is 2.96. The Labute approximate surface area is 91.9 Å². The largest absolute Gasteiger partial charge is 0.299 e. The maximum absolute atomic E-state index is 12.3. The summed E-state index contributed by atoms with van der Waals surface area (Å²) in [6.07, 6.45) is 9.58. The SMILES string of the molecule is CC(C)C12C=CC(C1)C1CCCC2C1=O. The predicted molar refractivity (Wildman–Crippen MR) is 60.4 cm³/mol. The van der Waals surface area contributed by atoms with E-state index in [9.17, 15) is 4.79 Å². The molecule has 4 bridgehead atoms. The predicted octanol–water partition coefficient (Wildman–Crippen LogP) is 3.20. The van der Waals surface area contributed by atoms with Crippen molar-refractivity contribution >= 4 is 5.78 Å². The van der Waals surface area contributed by atoms with Gasteiger partial charge in [-0.1, -0.05) is 32.4 Å². The third-order valence-electron chi connectivity index (χ3n) is 5.20. The molecule has 2 fully saturated rings. The lowest BCUT2D eigenvalue weighted by Crippen LogP contribution is -2.48. The lowest BCUT2D eigenvalue weighted by Gasteiger charge is -2.48. The van der Waals surface area contributed by atoms with Crippen molar-refractivity contribution in [1.29, 1.82) is 0 Å². The summed E-state index contributed by atoms with van der Waals surface area (Å²) in [7, 11) is 0. The van der Waals surface area contributed by atoms with Gasteiger partial charge in [0.1, 0.15) is 5.78 Å². The zero-order valence-electron chi connectivity index (χ0n) is 9.70. The van der Waals surface area contributed by atoms with Gasteiger partial charge in [-0.15, -0.1) is 0 Å². The molecule has 0 aromatic rings. The smallest absolute Gasteiger partial charge is 0.140 e. The minimum atomic E-state index is 0.235. The highest BCUT2D eigenvalue weighted by Crippen LogP contribution is 2.58. The van der Waals surface area contributed by atoms with E-state index in [0.717, 1.165) is 12.8 Å². The molecule has 3 rings (SSSR count). The van der Waals surface area contributed by atoms with Crippen LogP contribution in [0.5, 0.6) is 0 Å². The standard InChI is InChI=1S/C14H20O/c1-9(2)14-7-6-10(8-14)11-4-3-5-12(14)13(11)15/h6-7,9-12H,3-5,8H2,1-2H3. The number of carbonyl (C=O) groups is 1. The van der Waals surface area contributed by atoms with Gasteiger partial charge < -0.3 is 0 Å². The molecule has 0 aliphatic heterocycles. The van der Waals surface area contributed by atoms with Crippen molar-refractivity contribution in [1.82, 2.24) is 0 Å². The number of allylic oxidation sites excluding steroid dienone is 2. The first-order valence-corrected chi connectivity index (χ1v) is 6.38. The average Bonchev–Trinajstić information content (AvgIpc) is 2.59. The molecule has 2 saturated carbocycles. The van der Waals surface area contributed by atoms with Crippen molar-refractivity contribution in [3.8, 4) is 0 Å². The molecule has 4 unspecified atom stereocenters. The van der Waals surface area contributed by atoms with E-state index in [0.29, 0.717) is 29.5 Å². The summed E-state index contributed by atoms with van der Waals surface area (Å²) in [5.74, 6) is 2.53. The molecule has 0 radical (unpaired) electrons. The van der Waals surface area contributed by atoms with Crippen LogP contribution in [0.15, 0.2) is 12.2 Å². The third-order valence-corrected chi connectivity index (χ3v) is 5.20. The summed E-state index contributed by atoms with van der Waals surface area (Å²) >= 11 is 0. The van der Waals surface area contributed by atoms with Crippen LogP contribution in [-0.2, 0) is 4.79 Å². The molecule has 0 spiro atoms. The highest BCUT2D eigenvalue weighted by molar-refractivity contribution is 5.87. The van der Waals surface area contributed by atoms with Gasteiger partial charge >= 0.3 is 0 Å². The topological polar surface area (TPSA) is 17.1 Å². The van der Waals surface area contributed by atoms with Crippen LogP contribution in [0.3, 0.4) is 0 Å². The molecular weight excluding hydrogens is 184 g/mol. The van der Waals surface area contributed by atoms with Gasteiger partial charge in [0.05, 0.1) is 0 Å². The molecule has 3 aliphatic carbocycles. The van der Waals surface area contributed by atoms with Crippen molar-refractivity contribution in [3.05, 3.63) is 12.2 Å². The van der Waals surface area contributed by atoms with E-state index in [2.05, 4.69) is 26.0 Å². The Balaban J connectivity index is 2.05. The Bertz CT molecular complexity index is 328. The Morgan fingerprint density at radius 1 is 1.40 bits per heavy atom. The quantitative estimate of drug-likeness (QED) is 0.599. The second-order valence-corrected chi connectivity index (χ2v) is 5.99. The molecule has 3 aliphatic rings. The third kappa shape index (κ3) is 1.07. The Kier molecular flexibility index (Phi) is 1.90. The summed E-state index contributed by atoms with van der Waals surface area (Å²) in [6, 6.07) is 0. The zero-order chi connectivity index (χ0) is 10.6. The van der Waals surface area contributed by atoms with Gasteiger partial charge in [0.2, 0.25) is 0 Å². The monoisotopic (exact) mass is 204 g/mol. The van der Waals surface area contributed by atoms with Crippen molar-refractivity contribution in [3.63, 3.8) is 0 Å². The van der Waals surface area contributed by atoms with Crippen LogP contribution >= 0.6 is 0 Å².